The molecule has 0 amide bonds. The molecular formula is C17H15BrN2. The predicted molar refractivity (Wildman–Crippen MR) is 87.9 cm³/mol. The van der Waals surface area contributed by atoms with Crippen LogP contribution in [0.15, 0.2) is 65.3 Å². The monoisotopic (exact) mass is 326 g/mol. The Morgan fingerprint density at radius 3 is 2.75 bits per heavy atom. The van der Waals surface area contributed by atoms with E-state index in [1.54, 1.807) is 0 Å². The van der Waals surface area contributed by atoms with Crippen molar-refractivity contribution in [2.45, 2.75) is 13.0 Å². The third-order valence-corrected chi connectivity index (χ3v) is 3.86. The Kier molecular flexibility index (Phi) is 3.70. The van der Waals surface area contributed by atoms with E-state index >= 15 is 0 Å². The molecule has 0 spiro atoms. The van der Waals surface area contributed by atoms with Crippen LogP contribution in [0.1, 0.15) is 18.5 Å². The zero-order chi connectivity index (χ0) is 13.9. The normalized spacial score (nSPS) is 12.3. The second-order valence-electron chi connectivity index (χ2n) is 4.80. The van der Waals surface area contributed by atoms with Crippen LogP contribution < -0.4 is 5.32 Å². The van der Waals surface area contributed by atoms with E-state index in [2.05, 4.69) is 63.5 Å². The second kappa shape index (κ2) is 5.63. The van der Waals surface area contributed by atoms with Crippen LogP contribution >= 0.6 is 15.9 Å². The van der Waals surface area contributed by atoms with Crippen molar-refractivity contribution in [2.75, 3.05) is 5.32 Å². The first-order chi connectivity index (χ1) is 9.74. The Hall–Kier alpha value is -1.87. The smallest absolute Gasteiger partial charge is 0.0722 e. The first-order valence-electron chi connectivity index (χ1n) is 6.60. The van der Waals surface area contributed by atoms with Crippen molar-refractivity contribution in [3.8, 4) is 0 Å². The molecular weight excluding hydrogens is 312 g/mol. The molecule has 3 rings (SSSR count). The van der Waals surface area contributed by atoms with Gasteiger partial charge in [-0.15, -0.1) is 0 Å². The third kappa shape index (κ3) is 2.68. The van der Waals surface area contributed by atoms with E-state index in [0.29, 0.717) is 0 Å². The molecule has 20 heavy (non-hydrogen) atoms. The second-order valence-corrected chi connectivity index (χ2v) is 5.71. The molecule has 0 aliphatic heterocycles. The van der Waals surface area contributed by atoms with Gasteiger partial charge in [-0.25, -0.2) is 0 Å². The highest BCUT2D eigenvalue weighted by Crippen LogP contribution is 2.26. The number of aromatic nitrogens is 1. The lowest BCUT2D eigenvalue weighted by Crippen LogP contribution is -2.06. The fourth-order valence-electron chi connectivity index (χ4n) is 2.32. The summed E-state index contributed by atoms with van der Waals surface area (Å²) >= 11 is 3.52. The van der Waals surface area contributed by atoms with Gasteiger partial charge >= 0.3 is 0 Å². The Bertz CT molecular complexity index is 734. The van der Waals surface area contributed by atoms with Crippen LogP contribution in [0.2, 0.25) is 0 Å². The summed E-state index contributed by atoms with van der Waals surface area (Å²) in [5, 5.41) is 4.72. The number of pyridine rings is 1. The Morgan fingerprint density at radius 1 is 1.05 bits per heavy atom. The molecule has 0 aliphatic carbocycles. The number of fused-ring (bicyclic) bond motifs is 1. The predicted octanol–water partition coefficient (Wildman–Crippen LogP) is 5.17. The molecule has 1 heterocycles. The highest BCUT2D eigenvalue weighted by atomic mass is 79.9. The molecule has 1 atom stereocenters. The topological polar surface area (TPSA) is 24.9 Å². The van der Waals surface area contributed by atoms with Gasteiger partial charge in [0.2, 0.25) is 0 Å². The summed E-state index contributed by atoms with van der Waals surface area (Å²) in [4.78, 5) is 4.39. The number of rotatable bonds is 3. The van der Waals surface area contributed by atoms with Crippen LogP contribution in [-0.2, 0) is 0 Å². The summed E-state index contributed by atoms with van der Waals surface area (Å²) < 4.78 is 1.10. The van der Waals surface area contributed by atoms with Crippen LogP contribution in [0.3, 0.4) is 0 Å². The molecule has 0 aliphatic rings. The average molecular weight is 327 g/mol. The molecule has 3 heteroatoms. The van der Waals surface area contributed by atoms with Gasteiger partial charge in [0.1, 0.15) is 0 Å². The number of anilines is 1. The maximum Gasteiger partial charge on any atom is 0.0722 e. The number of hydrogen-bond donors (Lipinski definition) is 1. The van der Waals surface area contributed by atoms with Gasteiger partial charge in [0.25, 0.3) is 0 Å². The summed E-state index contributed by atoms with van der Waals surface area (Å²) in [5.74, 6) is 0. The lowest BCUT2D eigenvalue weighted by molar-refractivity contribution is 0.886. The number of benzene rings is 2. The van der Waals surface area contributed by atoms with E-state index in [1.165, 1.54) is 5.56 Å². The van der Waals surface area contributed by atoms with Crippen LogP contribution in [0.5, 0.6) is 0 Å². The van der Waals surface area contributed by atoms with Crippen molar-refractivity contribution in [1.82, 2.24) is 4.98 Å². The minimum absolute atomic E-state index is 0.235. The van der Waals surface area contributed by atoms with Crippen molar-refractivity contribution >= 4 is 32.5 Å². The molecule has 100 valence electrons. The largest absolute Gasteiger partial charge is 0.378 e. The zero-order valence-corrected chi connectivity index (χ0v) is 12.8. The summed E-state index contributed by atoms with van der Waals surface area (Å²) in [6, 6.07) is 18.8. The molecule has 1 N–H and O–H groups in total. The molecule has 3 aromatic rings. The van der Waals surface area contributed by atoms with Gasteiger partial charge in [0.05, 0.1) is 5.52 Å². The standard InChI is InChI=1S/C17H15BrN2/c1-12(13-5-2-6-14(18)11-13)20-17-9-3-8-16-15(17)7-4-10-19-16/h2-12,20H,1H3. The summed E-state index contributed by atoms with van der Waals surface area (Å²) in [7, 11) is 0. The van der Waals surface area contributed by atoms with Gasteiger partial charge in [0, 0.05) is 27.8 Å². The molecule has 0 fully saturated rings. The molecule has 1 aromatic heterocycles. The van der Waals surface area contributed by atoms with E-state index in [9.17, 15) is 0 Å². The number of nitrogens with one attached hydrogen (secondary N) is 1. The lowest BCUT2D eigenvalue weighted by atomic mass is 10.1. The van der Waals surface area contributed by atoms with E-state index < -0.39 is 0 Å². The van der Waals surface area contributed by atoms with Crippen molar-refractivity contribution < 1.29 is 0 Å². The van der Waals surface area contributed by atoms with Crippen molar-refractivity contribution in [3.63, 3.8) is 0 Å². The van der Waals surface area contributed by atoms with E-state index in [4.69, 9.17) is 0 Å². The summed E-state index contributed by atoms with van der Waals surface area (Å²) in [5.41, 5.74) is 3.38. The van der Waals surface area contributed by atoms with Crippen LogP contribution in [0.25, 0.3) is 10.9 Å². The number of nitrogens with zero attached hydrogens (tertiary/aromatic N) is 1. The minimum atomic E-state index is 0.235. The average Bonchev–Trinajstić information content (AvgIpc) is 2.47. The van der Waals surface area contributed by atoms with Crippen molar-refractivity contribution in [3.05, 3.63) is 70.8 Å². The SMILES string of the molecule is CC(Nc1cccc2ncccc12)c1cccc(Br)c1. The maximum absolute atomic E-state index is 4.39. The van der Waals surface area contributed by atoms with Gasteiger partial charge in [0.15, 0.2) is 0 Å². The van der Waals surface area contributed by atoms with Crippen LogP contribution in [-0.4, -0.2) is 4.98 Å². The van der Waals surface area contributed by atoms with Gasteiger partial charge in [-0.3, -0.25) is 4.98 Å². The molecule has 0 saturated carbocycles. The first-order valence-corrected chi connectivity index (χ1v) is 7.39. The van der Waals surface area contributed by atoms with Crippen LogP contribution in [0.4, 0.5) is 5.69 Å². The maximum atomic E-state index is 4.39. The highest BCUT2D eigenvalue weighted by Gasteiger charge is 2.08. The van der Waals surface area contributed by atoms with E-state index in [1.807, 2.05) is 30.5 Å². The highest BCUT2D eigenvalue weighted by molar-refractivity contribution is 9.10. The fraction of sp³-hybridized carbons (Fsp3) is 0.118. The van der Waals surface area contributed by atoms with E-state index in [0.717, 1.165) is 21.1 Å². The Morgan fingerprint density at radius 2 is 1.90 bits per heavy atom. The van der Waals surface area contributed by atoms with Gasteiger partial charge in [-0.2, -0.15) is 0 Å². The lowest BCUT2D eigenvalue weighted by Gasteiger charge is -2.17. The van der Waals surface area contributed by atoms with Crippen molar-refractivity contribution in [2.24, 2.45) is 0 Å². The van der Waals surface area contributed by atoms with Gasteiger partial charge < -0.3 is 5.32 Å². The molecule has 2 aromatic carbocycles. The van der Waals surface area contributed by atoms with Crippen molar-refractivity contribution in [1.29, 1.82) is 0 Å². The molecule has 0 bridgehead atoms. The van der Waals surface area contributed by atoms with Crippen LogP contribution in [0, 0.1) is 0 Å². The summed E-state index contributed by atoms with van der Waals surface area (Å²) in [6.45, 7) is 2.16. The molecule has 0 radical (unpaired) electrons. The molecule has 2 nitrogen and oxygen atoms in total. The number of hydrogen-bond acceptors (Lipinski definition) is 2. The minimum Gasteiger partial charge on any atom is -0.378 e. The Labute approximate surface area is 127 Å². The van der Waals surface area contributed by atoms with E-state index in [-0.39, 0.29) is 6.04 Å². The van der Waals surface area contributed by atoms with Gasteiger partial charge in [-0.05, 0) is 48.9 Å². The third-order valence-electron chi connectivity index (χ3n) is 3.37. The first kappa shape index (κ1) is 13.1. The Balaban J connectivity index is 1.93. The summed E-state index contributed by atoms with van der Waals surface area (Å²) in [6.07, 6.45) is 1.82. The molecule has 0 saturated heterocycles. The zero-order valence-electron chi connectivity index (χ0n) is 11.2. The fourth-order valence-corrected chi connectivity index (χ4v) is 2.74. The van der Waals surface area contributed by atoms with Gasteiger partial charge in [-0.1, -0.05) is 34.1 Å². The quantitative estimate of drug-likeness (QED) is 0.718. The molecule has 1 unspecified atom stereocenters. The number of halogens is 1.